The maximum Gasteiger partial charge on any atom is 0.450 e. The predicted octanol–water partition coefficient (Wildman–Crippen LogP) is 23.9. The van der Waals surface area contributed by atoms with Gasteiger partial charge in [-0.2, -0.15) is 34.4 Å². The van der Waals surface area contributed by atoms with Crippen LogP contribution in [0.3, 0.4) is 0 Å². The summed E-state index contributed by atoms with van der Waals surface area (Å²) in [7, 11) is 5.18. The highest BCUT2D eigenvalue weighted by atomic mass is 79.9. The summed E-state index contributed by atoms with van der Waals surface area (Å²) in [6.07, 6.45) is 5.84. The van der Waals surface area contributed by atoms with Gasteiger partial charge in [-0.3, -0.25) is 24.2 Å². The number of phenols is 2. The molecular weight excluding hydrogens is 1910 g/mol. The number of amides is 3. The first kappa shape index (κ1) is 108. The summed E-state index contributed by atoms with van der Waals surface area (Å²) in [5, 5.41) is 47.0. The summed E-state index contributed by atoms with van der Waals surface area (Å²) in [5.74, 6) is 3.22. The van der Waals surface area contributed by atoms with Crippen LogP contribution in [0.4, 0.5) is 0 Å². The maximum atomic E-state index is 13.5. The van der Waals surface area contributed by atoms with E-state index in [9.17, 15) is 24.6 Å². The van der Waals surface area contributed by atoms with E-state index in [4.69, 9.17) is 81.1 Å². The van der Waals surface area contributed by atoms with Crippen LogP contribution in [0.1, 0.15) is 203 Å². The Balaban J connectivity index is 0.000000182. The fourth-order valence-corrected chi connectivity index (χ4v) is 17.3. The second-order valence-corrected chi connectivity index (χ2v) is 38.2. The van der Waals surface area contributed by atoms with Crippen LogP contribution in [0.2, 0.25) is 0 Å². The van der Waals surface area contributed by atoms with Crippen molar-refractivity contribution in [3.8, 4) is 102 Å². The molecule has 0 saturated heterocycles. The zero-order valence-corrected chi connectivity index (χ0v) is 86.5. The lowest BCUT2D eigenvalue weighted by atomic mass is 9.91. The van der Waals surface area contributed by atoms with Gasteiger partial charge in [-0.25, -0.2) is 0 Å². The highest BCUT2D eigenvalue weighted by Gasteiger charge is 2.34. The molecule has 0 spiro atoms. The Morgan fingerprint density at radius 2 is 0.752 bits per heavy atom. The van der Waals surface area contributed by atoms with Gasteiger partial charge in [-0.15, -0.1) is 0 Å². The molecule has 24 nitrogen and oxygen atoms in total. The van der Waals surface area contributed by atoms with Crippen LogP contribution in [0.15, 0.2) is 226 Å². The van der Waals surface area contributed by atoms with Gasteiger partial charge in [0.1, 0.15) is 60.9 Å². The zero-order valence-electron chi connectivity index (χ0n) is 82.6. The van der Waals surface area contributed by atoms with Crippen molar-refractivity contribution >= 4 is 73.0 Å². The second-order valence-electron chi connectivity index (χ2n) is 35.5. The van der Waals surface area contributed by atoms with Gasteiger partial charge < -0.3 is 78.2 Å². The Bertz CT molecular complexity index is 6180. The summed E-state index contributed by atoms with van der Waals surface area (Å²) in [4.78, 5) is 43.9. The average Bonchev–Trinajstić information content (AvgIpc) is 1.64. The van der Waals surface area contributed by atoms with E-state index in [0.29, 0.717) is 103 Å². The molecule has 3 aromatic heterocycles. The first-order valence-electron chi connectivity index (χ1n) is 48.3. The van der Waals surface area contributed by atoms with E-state index in [1.165, 1.54) is 39.4 Å². The molecule has 13 aromatic rings. The molecule has 0 unspecified atom stereocenters. The van der Waals surface area contributed by atoms with E-state index in [2.05, 4.69) is 175 Å². The number of hydrogen-bond donors (Lipinski definition) is 6. The van der Waals surface area contributed by atoms with Gasteiger partial charge in [0.25, 0.3) is 17.7 Å². The normalized spacial score (nSPS) is 12.6. The number of benzene rings is 10. The number of rotatable bonds is 38. The van der Waals surface area contributed by atoms with Gasteiger partial charge in [0.05, 0.1) is 33.4 Å². The number of phenolic OH excluding ortho intramolecular Hbond substituents is 2. The van der Waals surface area contributed by atoms with Crippen LogP contribution in [0.25, 0.3) is 67.4 Å². The Kier molecular flexibility index (Phi) is 42.2. The van der Waals surface area contributed by atoms with Gasteiger partial charge in [-0.05, 0) is 191 Å². The van der Waals surface area contributed by atoms with Crippen LogP contribution in [-0.4, -0.2) is 157 Å². The molecule has 6 heterocycles. The third kappa shape index (κ3) is 29.9. The molecular formula is C112H130BBrCl3N9O15. The molecule has 29 heteroatoms. The minimum absolute atomic E-state index is 0.0140. The molecule has 0 fully saturated rings. The predicted molar refractivity (Wildman–Crippen MR) is 565 cm³/mol. The lowest BCUT2D eigenvalue weighted by molar-refractivity contribution is 0.0939. The highest BCUT2D eigenvalue weighted by Crippen LogP contribution is 2.49. The van der Waals surface area contributed by atoms with Crippen LogP contribution in [-0.2, 0) is 79.5 Å². The number of carbonyl (C=O) groups is 3. The Hall–Kier alpha value is -11.8. The van der Waals surface area contributed by atoms with Crippen LogP contribution in [0, 0.1) is 0 Å². The third-order valence-electron chi connectivity index (χ3n) is 24.3. The Morgan fingerprint density at radius 1 is 0.418 bits per heavy atom. The third-order valence-corrected chi connectivity index (χ3v) is 24.9. The molecule has 744 valence electrons. The fourth-order valence-electron chi connectivity index (χ4n) is 17.1. The molecule has 10 aromatic carbocycles. The summed E-state index contributed by atoms with van der Waals surface area (Å²) < 4.78 is 59.2. The number of nitrogens with one attached hydrogen (secondary N) is 4. The summed E-state index contributed by atoms with van der Waals surface area (Å²) in [5.41, 5.74) is 21.4. The Morgan fingerprint density at radius 3 is 1.09 bits per heavy atom. The Labute approximate surface area is 852 Å². The van der Waals surface area contributed by atoms with Crippen molar-refractivity contribution in [1.82, 2.24) is 46.5 Å². The fraction of sp³-hybridized carbons (Fsp3) is 0.357. The number of halogens is 4. The number of nitrogens with zero attached hydrogens (tertiary/aromatic N) is 5. The smallest absolute Gasteiger partial charge is 0.450 e. The van der Waals surface area contributed by atoms with Gasteiger partial charge >= 0.3 is 4.96 Å². The number of carbonyl (C=O) groups excluding carboxylic acids is 3. The van der Waals surface area contributed by atoms with Crippen molar-refractivity contribution in [3.05, 3.63) is 302 Å². The number of fused-ring (bicyclic) bond motifs is 3. The molecule has 0 saturated carbocycles. The van der Waals surface area contributed by atoms with E-state index in [1.54, 1.807) is 27.4 Å². The molecule has 141 heavy (non-hydrogen) atoms. The van der Waals surface area contributed by atoms with E-state index >= 15 is 0 Å². The largest absolute Gasteiger partial charge is 0.508 e. The number of aromatic nitrogens is 3. The molecule has 16 rings (SSSR count). The first-order valence-corrected chi connectivity index (χ1v) is 50.8. The molecule has 3 aliphatic heterocycles. The number of hydrogen-bond acceptors (Lipinski definition) is 21. The van der Waals surface area contributed by atoms with Crippen molar-refractivity contribution in [3.63, 3.8) is 0 Å². The molecule has 3 amide bonds. The van der Waals surface area contributed by atoms with Crippen LogP contribution < -0.4 is 40.2 Å². The zero-order chi connectivity index (χ0) is 100. The second kappa shape index (κ2) is 55.0. The van der Waals surface area contributed by atoms with Crippen molar-refractivity contribution < 1.29 is 71.3 Å². The lowest BCUT2D eigenvalue weighted by Gasteiger charge is -2.29. The molecule has 3 aliphatic rings. The van der Waals surface area contributed by atoms with Crippen LogP contribution in [0.5, 0.6) is 34.5 Å². The van der Waals surface area contributed by atoms with Crippen molar-refractivity contribution in [1.29, 1.82) is 0 Å². The van der Waals surface area contributed by atoms with E-state index in [1.807, 2.05) is 150 Å². The van der Waals surface area contributed by atoms with Gasteiger partial charge in [0.2, 0.25) is 0 Å². The van der Waals surface area contributed by atoms with Crippen molar-refractivity contribution in [2.45, 2.75) is 165 Å². The quantitative estimate of drug-likeness (QED) is 0.0119. The van der Waals surface area contributed by atoms with E-state index < -0.39 is 4.96 Å². The molecule has 0 bridgehead atoms. The van der Waals surface area contributed by atoms with Crippen LogP contribution >= 0.6 is 50.3 Å². The highest BCUT2D eigenvalue weighted by molar-refractivity contribution is 9.09. The van der Waals surface area contributed by atoms with E-state index in [-0.39, 0.29) is 64.1 Å². The average molecular weight is 2040 g/mol. The maximum absolute atomic E-state index is 13.5. The number of aromatic hydroxyl groups is 2. The number of ether oxygens (including phenoxy) is 7. The molecule has 0 radical (unpaired) electrons. The topological polar surface area (TPSA) is 289 Å². The molecule has 6 N–H and O–H groups in total. The SMILES string of the molecule is CCNC(=O)c1noc(-c2cc(C(C)C)c(O)cc2O)c1-c1ccc2c(c1)CCN(CCCOC)C2.CCNC(=O)c1noc(-c2cc(C(C)C)c(OCc3ccccc3)cc2OCc2ccccc2)c1-c1ccc2c(c1)CCN(CCCOC)C2.CCNC(=O)c1noc(-c2cc(C(C)C)c(OCc3ccccc3)cc2OCc2ccccc2)c1-c1ccc2c(c1)CCNC2.COCCCBr.ClB(Cl)Cl. The van der Waals surface area contributed by atoms with E-state index in [0.717, 1.165) is 189 Å². The standard InChI is InChI=1S/C42H47N3O5.C38H39N3O4.C28H35N3O5.C4H9BrO.BCl3/c1-5-43-42(46)40-39(33-17-18-34-26-45(20-12-22-47-4)21-19-32(34)23-33)41(50-44-40)36-24-35(29(2)3)37(48-27-30-13-8-6-9-14-30)25-38(36)49-28-31-15-10-7-11-16-31;1-4-40-38(42)36-35(29-15-16-30-22-39-18-17-28(30)19-29)37(45-41-36)32-20-31(25(2)3)33(43-23-26-11-7-5-8-12-26)21-34(32)44-24-27-13-9-6-10-14-27;1-5-29-28(34)26-25(27(36-30-26)22-14-21(17(2)3)23(32)15-24(22)33)19-7-8-20-16-31(10-6-12-35-4)11-9-18(20)13-19;1-6-4-2-3-5;2-1(3)4/h6-11,13-18,23-25,29H,5,12,19-22,26-28H2,1-4H3,(H,43,46);5-16,19-21,25,39H,4,17-18,22-24H2,1-3H3,(H,40,42);7-8,13-15,17,32-33H,5-6,9-12,16H2,1-4H3,(H,29,34);2-4H2,1H3;. The van der Waals surface area contributed by atoms with Crippen molar-refractivity contribution in [2.75, 3.05) is 98.8 Å². The first-order chi connectivity index (χ1) is 68.4. The molecule has 0 aliphatic carbocycles. The van der Waals surface area contributed by atoms with Crippen molar-refractivity contribution in [2.24, 2.45) is 0 Å². The van der Waals surface area contributed by atoms with Gasteiger partial charge in [0, 0.05) is 130 Å². The minimum Gasteiger partial charge on any atom is -0.508 e. The lowest BCUT2D eigenvalue weighted by Crippen LogP contribution is -2.31. The molecule has 0 atom stereocenters. The summed E-state index contributed by atoms with van der Waals surface area (Å²) >= 11 is 17.7. The van der Waals surface area contributed by atoms with Gasteiger partial charge in [-0.1, -0.05) is 249 Å². The summed E-state index contributed by atoms with van der Waals surface area (Å²) in [6.45, 7) is 30.9. The number of methoxy groups -OCH3 is 3. The summed E-state index contributed by atoms with van der Waals surface area (Å²) in [6, 6.07) is 70.4. The minimum atomic E-state index is -0.750. The van der Waals surface area contributed by atoms with Gasteiger partial charge in [0.15, 0.2) is 34.4 Å². The number of alkyl halides is 1. The monoisotopic (exact) mass is 2040 g/mol.